The van der Waals surface area contributed by atoms with Crippen LogP contribution in [0.4, 0.5) is 0 Å². The molecule has 0 saturated heterocycles. The second kappa shape index (κ2) is 10.4. The number of benzene rings is 7. The summed E-state index contributed by atoms with van der Waals surface area (Å²) in [6, 6.07) is 60.1. The van der Waals surface area contributed by atoms with Crippen molar-refractivity contribution in [3.63, 3.8) is 0 Å². The van der Waals surface area contributed by atoms with Crippen molar-refractivity contribution in [1.82, 2.24) is 9.13 Å². The zero-order valence-electron chi connectivity index (χ0n) is 24.9. The summed E-state index contributed by atoms with van der Waals surface area (Å²) >= 11 is 0. The van der Waals surface area contributed by atoms with Gasteiger partial charge in [-0.15, -0.1) is 0 Å². The lowest BCUT2D eigenvalue weighted by atomic mass is 9.90. The first-order chi connectivity index (χ1) is 22.8. The number of fused-ring (bicyclic) bond motifs is 6. The highest BCUT2D eigenvalue weighted by Crippen LogP contribution is 2.43. The number of para-hydroxylation sites is 4. The molecule has 0 saturated carbocycles. The van der Waals surface area contributed by atoms with Crippen molar-refractivity contribution in [1.29, 1.82) is 5.26 Å². The van der Waals surface area contributed by atoms with Crippen molar-refractivity contribution in [2.24, 2.45) is 0 Å². The Morgan fingerprint density at radius 1 is 0.413 bits per heavy atom. The average molecular weight is 586 g/mol. The smallest absolute Gasteiger partial charge is 0.0998 e. The van der Waals surface area contributed by atoms with Crippen molar-refractivity contribution in [2.75, 3.05) is 0 Å². The fraction of sp³-hybridized carbons (Fsp3) is 0. The van der Waals surface area contributed by atoms with Crippen molar-refractivity contribution in [2.45, 2.75) is 0 Å². The molecule has 0 aliphatic rings. The Balaban J connectivity index is 1.39. The van der Waals surface area contributed by atoms with Crippen molar-refractivity contribution in [3.05, 3.63) is 169 Å². The zero-order chi connectivity index (χ0) is 30.6. The van der Waals surface area contributed by atoms with Crippen LogP contribution in [0.15, 0.2) is 164 Å². The largest absolute Gasteiger partial charge is 0.309 e. The van der Waals surface area contributed by atoms with Gasteiger partial charge in [0, 0.05) is 38.4 Å². The predicted octanol–water partition coefficient (Wildman–Crippen LogP) is 11.1. The van der Waals surface area contributed by atoms with Gasteiger partial charge in [0.05, 0.1) is 39.4 Å². The molecule has 3 heteroatoms. The summed E-state index contributed by atoms with van der Waals surface area (Å²) in [5.41, 5.74) is 11.6. The highest BCUT2D eigenvalue weighted by atomic mass is 15.0. The lowest BCUT2D eigenvalue weighted by Crippen LogP contribution is -2.01. The molecule has 0 unspecified atom stereocenters. The molecule has 0 aliphatic heterocycles. The lowest BCUT2D eigenvalue weighted by Gasteiger charge is -2.20. The summed E-state index contributed by atoms with van der Waals surface area (Å²) in [5, 5.41) is 15.1. The number of nitriles is 1. The van der Waals surface area contributed by atoms with Gasteiger partial charge in [0.25, 0.3) is 0 Å². The van der Waals surface area contributed by atoms with Crippen LogP contribution >= 0.6 is 0 Å². The van der Waals surface area contributed by atoms with Crippen LogP contribution < -0.4 is 0 Å². The Morgan fingerprint density at radius 3 is 1.48 bits per heavy atom. The number of rotatable bonds is 4. The fourth-order valence-corrected chi connectivity index (χ4v) is 7.25. The molecule has 0 atom stereocenters. The van der Waals surface area contributed by atoms with E-state index in [-0.39, 0.29) is 0 Å². The van der Waals surface area contributed by atoms with Crippen LogP contribution in [0.1, 0.15) is 5.56 Å². The zero-order valence-corrected chi connectivity index (χ0v) is 24.9. The molecule has 0 radical (unpaired) electrons. The molecule has 46 heavy (non-hydrogen) atoms. The molecule has 0 bridgehead atoms. The molecule has 7 aromatic carbocycles. The standard InChI is InChI=1S/C43H27N3/c44-28-30-13-1-2-16-32(30)37-21-12-26-42(46-40-24-9-5-19-35(40)36-20-6-10-25-41(36)46)43(37)29-14-11-15-31(27-29)45-38-22-7-3-17-33(38)34-18-4-8-23-39(34)45/h1-27H. The number of nitrogens with zero attached hydrogens (tertiary/aromatic N) is 3. The Morgan fingerprint density at radius 2 is 0.891 bits per heavy atom. The average Bonchev–Trinajstić information content (AvgIpc) is 3.64. The molecule has 0 spiro atoms. The van der Waals surface area contributed by atoms with Crippen LogP contribution in [0.5, 0.6) is 0 Å². The highest BCUT2D eigenvalue weighted by Gasteiger charge is 2.21. The molecule has 9 rings (SSSR count). The normalized spacial score (nSPS) is 11.5. The van der Waals surface area contributed by atoms with Gasteiger partial charge < -0.3 is 9.13 Å². The molecule has 0 fully saturated rings. The second-order valence-electron chi connectivity index (χ2n) is 11.6. The minimum absolute atomic E-state index is 0.654. The van der Waals surface area contributed by atoms with E-state index in [1.165, 1.54) is 32.6 Å². The topological polar surface area (TPSA) is 33.6 Å². The van der Waals surface area contributed by atoms with Crippen LogP contribution in [0.3, 0.4) is 0 Å². The van der Waals surface area contributed by atoms with Crippen molar-refractivity contribution >= 4 is 43.6 Å². The number of aromatic nitrogens is 2. The van der Waals surface area contributed by atoms with Crippen LogP contribution in [0.2, 0.25) is 0 Å². The third-order valence-corrected chi connectivity index (χ3v) is 9.17. The molecular formula is C43H27N3. The van der Waals surface area contributed by atoms with Gasteiger partial charge in [-0.1, -0.05) is 115 Å². The monoisotopic (exact) mass is 585 g/mol. The number of hydrogen-bond donors (Lipinski definition) is 0. The van der Waals surface area contributed by atoms with E-state index in [9.17, 15) is 5.26 Å². The van der Waals surface area contributed by atoms with Crippen LogP contribution in [0.25, 0.3) is 77.2 Å². The summed E-state index contributed by atoms with van der Waals surface area (Å²) in [7, 11) is 0. The van der Waals surface area contributed by atoms with Gasteiger partial charge >= 0.3 is 0 Å². The molecule has 2 aromatic heterocycles. The Labute approximate surface area is 266 Å². The number of hydrogen-bond acceptors (Lipinski definition) is 1. The first-order valence-electron chi connectivity index (χ1n) is 15.5. The van der Waals surface area contributed by atoms with E-state index in [2.05, 4.69) is 161 Å². The summed E-state index contributed by atoms with van der Waals surface area (Å²) in [6.07, 6.45) is 0. The Bertz CT molecular complexity index is 2560. The predicted molar refractivity (Wildman–Crippen MR) is 191 cm³/mol. The van der Waals surface area contributed by atoms with E-state index in [1.54, 1.807) is 0 Å². The molecule has 0 N–H and O–H groups in total. The van der Waals surface area contributed by atoms with Crippen LogP contribution in [0, 0.1) is 11.3 Å². The summed E-state index contributed by atoms with van der Waals surface area (Å²) in [6.45, 7) is 0. The molecule has 0 aliphatic carbocycles. The SMILES string of the molecule is N#Cc1ccccc1-c1cccc(-n2c3ccccc3c3ccccc32)c1-c1cccc(-n2c3ccccc3c3ccccc32)c1. The molecule has 2 heterocycles. The summed E-state index contributed by atoms with van der Waals surface area (Å²) < 4.78 is 4.74. The second-order valence-corrected chi connectivity index (χ2v) is 11.6. The maximum atomic E-state index is 10.2. The first-order valence-corrected chi connectivity index (χ1v) is 15.5. The molecule has 3 nitrogen and oxygen atoms in total. The minimum atomic E-state index is 0.654. The Hall–Kier alpha value is -6.37. The molecule has 9 aromatic rings. The van der Waals surface area contributed by atoms with Gasteiger partial charge in [0.15, 0.2) is 0 Å². The fourth-order valence-electron chi connectivity index (χ4n) is 7.25. The third-order valence-electron chi connectivity index (χ3n) is 9.17. The van der Waals surface area contributed by atoms with Crippen molar-refractivity contribution < 1.29 is 0 Å². The Kier molecular flexibility index (Phi) is 5.88. The highest BCUT2D eigenvalue weighted by molar-refractivity contribution is 6.11. The summed E-state index contributed by atoms with van der Waals surface area (Å²) in [5.74, 6) is 0. The van der Waals surface area contributed by atoms with Gasteiger partial charge in [-0.2, -0.15) is 5.26 Å². The quantitative estimate of drug-likeness (QED) is 0.202. The third kappa shape index (κ3) is 3.84. The van der Waals surface area contributed by atoms with E-state index in [0.29, 0.717) is 5.56 Å². The van der Waals surface area contributed by atoms with E-state index in [4.69, 9.17) is 0 Å². The minimum Gasteiger partial charge on any atom is -0.309 e. The van der Waals surface area contributed by atoms with Gasteiger partial charge in [-0.25, -0.2) is 0 Å². The molecule has 0 amide bonds. The van der Waals surface area contributed by atoms with Gasteiger partial charge in [-0.05, 0) is 59.7 Å². The van der Waals surface area contributed by atoms with Gasteiger partial charge in [0.2, 0.25) is 0 Å². The van der Waals surface area contributed by atoms with Crippen molar-refractivity contribution in [3.8, 4) is 39.7 Å². The van der Waals surface area contributed by atoms with E-state index >= 15 is 0 Å². The van der Waals surface area contributed by atoms with E-state index in [0.717, 1.165) is 44.7 Å². The first kappa shape index (κ1) is 26.1. The van der Waals surface area contributed by atoms with E-state index in [1.807, 2.05) is 18.2 Å². The summed E-state index contributed by atoms with van der Waals surface area (Å²) in [4.78, 5) is 0. The van der Waals surface area contributed by atoms with Crippen LogP contribution in [-0.2, 0) is 0 Å². The van der Waals surface area contributed by atoms with Crippen LogP contribution in [-0.4, -0.2) is 9.13 Å². The molecular weight excluding hydrogens is 558 g/mol. The lowest BCUT2D eigenvalue weighted by molar-refractivity contribution is 1.17. The molecule has 214 valence electrons. The maximum Gasteiger partial charge on any atom is 0.0998 e. The van der Waals surface area contributed by atoms with Gasteiger partial charge in [0.1, 0.15) is 0 Å². The van der Waals surface area contributed by atoms with E-state index < -0.39 is 0 Å². The maximum absolute atomic E-state index is 10.2. The van der Waals surface area contributed by atoms with Gasteiger partial charge in [-0.3, -0.25) is 0 Å².